The Labute approximate surface area is 164 Å². The van der Waals surface area contributed by atoms with E-state index in [9.17, 15) is 4.79 Å². The predicted octanol–water partition coefficient (Wildman–Crippen LogP) is 3.01. The van der Waals surface area contributed by atoms with Crippen LogP contribution in [0.25, 0.3) is 0 Å². The molecule has 1 aromatic carbocycles. The molecule has 27 heavy (non-hydrogen) atoms. The number of carbonyl (C=O) groups is 1. The maximum atomic E-state index is 12.2. The van der Waals surface area contributed by atoms with Crippen molar-refractivity contribution in [2.45, 2.75) is 38.8 Å². The van der Waals surface area contributed by atoms with Gasteiger partial charge in [-0.05, 0) is 43.6 Å². The van der Waals surface area contributed by atoms with Gasteiger partial charge in [0.05, 0.1) is 32.9 Å². The molecule has 1 aliphatic rings. The minimum atomic E-state index is -0.0281. The van der Waals surface area contributed by atoms with Crippen LogP contribution >= 0.6 is 11.3 Å². The number of amides is 1. The van der Waals surface area contributed by atoms with E-state index in [1.54, 1.807) is 25.6 Å². The van der Waals surface area contributed by atoms with E-state index in [1.165, 1.54) is 19.3 Å². The number of carbonyl (C=O) groups excluding carboxylic acids is 1. The molecule has 7 heteroatoms. The van der Waals surface area contributed by atoms with Crippen LogP contribution in [0, 0.1) is 0 Å². The molecule has 1 saturated heterocycles. The lowest BCUT2D eigenvalue weighted by molar-refractivity contribution is -0.120. The molecule has 1 N–H and O–H groups in total. The van der Waals surface area contributed by atoms with Gasteiger partial charge < -0.3 is 14.8 Å². The summed E-state index contributed by atoms with van der Waals surface area (Å²) in [4.78, 5) is 19.3. The first-order valence-corrected chi connectivity index (χ1v) is 10.2. The number of nitrogens with zero attached hydrogens (tertiary/aromatic N) is 2. The Balaban J connectivity index is 1.48. The molecule has 146 valence electrons. The zero-order chi connectivity index (χ0) is 19.1. The van der Waals surface area contributed by atoms with E-state index in [4.69, 9.17) is 9.47 Å². The quantitative estimate of drug-likeness (QED) is 0.752. The molecule has 0 unspecified atom stereocenters. The van der Waals surface area contributed by atoms with Crippen LogP contribution in [0.15, 0.2) is 23.6 Å². The van der Waals surface area contributed by atoms with Crippen LogP contribution in [0.3, 0.4) is 0 Å². The van der Waals surface area contributed by atoms with Crippen LogP contribution in [-0.2, 0) is 24.3 Å². The highest BCUT2D eigenvalue weighted by Crippen LogP contribution is 2.27. The van der Waals surface area contributed by atoms with E-state index in [0.29, 0.717) is 24.5 Å². The molecule has 0 spiro atoms. The Kier molecular flexibility index (Phi) is 7.06. The van der Waals surface area contributed by atoms with E-state index >= 15 is 0 Å². The lowest BCUT2D eigenvalue weighted by atomic mass is 10.1. The molecule has 1 amide bonds. The van der Waals surface area contributed by atoms with Crippen LogP contribution in [0.2, 0.25) is 0 Å². The third-order valence-corrected chi connectivity index (χ3v) is 5.57. The smallest absolute Gasteiger partial charge is 0.226 e. The normalized spacial score (nSPS) is 14.7. The van der Waals surface area contributed by atoms with Gasteiger partial charge in [0.2, 0.25) is 5.91 Å². The Morgan fingerprint density at radius 3 is 2.70 bits per heavy atom. The van der Waals surface area contributed by atoms with Crippen molar-refractivity contribution in [1.29, 1.82) is 0 Å². The number of ether oxygens (including phenoxy) is 2. The highest BCUT2D eigenvalue weighted by atomic mass is 32.1. The third kappa shape index (κ3) is 5.68. The Hall–Kier alpha value is -2.12. The molecule has 0 aliphatic carbocycles. The minimum Gasteiger partial charge on any atom is -0.493 e. The molecule has 0 radical (unpaired) electrons. The van der Waals surface area contributed by atoms with Gasteiger partial charge in [0, 0.05) is 11.9 Å². The van der Waals surface area contributed by atoms with Gasteiger partial charge >= 0.3 is 0 Å². The number of rotatable bonds is 8. The number of likely N-dealkylation sites (tertiary alicyclic amines) is 1. The lowest BCUT2D eigenvalue weighted by Crippen LogP contribution is -2.29. The highest BCUT2D eigenvalue weighted by molar-refractivity contribution is 7.09. The fourth-order valence-corrected chi connectivity index (χ4v) is 4.06. The molecule has 1 fully saturated rings. The highest BCUT2D eigenvalue weighted by Gasteiger charge is 2.14. The van der Waals surface area contributed by atoms with E-state index < -0.39 is 0 Å². The molecule has 1 aliphatic heterocycles. The topological polar surface area (TPSA) is 63.7 Å². The maximum absolute atomic E-state index is 12.2. The second-order valence-corrected chi connectivity index (χ2v) is 7.65. The fourth-order valence-electron chi connectivity index (χ4n) is 3.23. The van der Waals surface area contributed by atoms with Gasteiger partial charge in [-0.2, -0.15) is 0 Å². The number of thiazole rings is 1. The van der Waals surface area contributed by atoms with Crippen LogP contribution < -0.4 is 14.8 Å². The van der Waals surface area contributed by atoms with Gasteiger partial charge in [-0.3, -0.25) is 9.69 Å². The third-order valence-electron chi connectivity index (χ3n) is 4.69. The van der Waals surface area contributed by atoms with Crippen molar-refractivity contribution in [3.05, 3.63) is 39.8 Å². The van der Waals surface area contributed by atoms with Gasteiger partial charge in [-0.25, -0.2) is 4.98 Å². The summed E-state index contributed by atoms with van der Waals surface area (Å²) in [6, 6.07) is 5.63. The molecular formula is C20H27N3O3S. The summed E-state index contributed by atoms with van der Waals surface area (Å²) in [5.74, 6) is 1.31. The predicted molar refractivity (Wildman–Crippen MR) is 106 cm³/mol. The Morgan fingerprint density at radius 1 is 1.19 bits per heavy atom. The minimum absolute atomic E-state index is 0.0281. The van der Waals surface area contributed by atoms with Gasteiger partial charge in [0.25, 0.3) is 0 Å². The molecule has 0 atom stereocenters. The number of methoxy groups -OCH3 is 2. The van der Waals surface area contributed by atoms with Crippen molar-refractivity contribution in [1.82, 2.24) is 15.2 Å². The second-order valence-electron chi connectivity index (χ2n) is 6.71. The van der Waals surface area contributed by atoms with Gasteiger partial charge in [-0.1, -0.05) is 12.5 Å². The van der Waals surface area contributed by atoms with E-state index in [-0.39, 0.29) is 5.91 Å². The Bertz CT molecular complexity index is 757. The molecule has 0 bridgehead atoms. The maximum Gasteiger partial charge on any atom is 0.226 e. The Morgan fingerprint density at radius 2 is 1.96 bits per heavy atom. The van der Waals surface area contributed by atoms with Crippen LogP contribution in [0.4, 0.5) is 0 Å². The largest absolute Gasteiger partial charge is 0.493 e. The van der Waals surface area contributed by atoms with Crippen molar-refractivity contribution in [3.63, 3.8) is 0 Å². The summed E-state index contributed by atoms with van der Waals surface area (Å²) in [7, 11) is 3.20. The van der Waals surface area contributed by atoms with Crippen LogP contribution in [0.5, 0.6) is 11.5 Å². The van der Waals surface area contributed by atoms with Crippen molar-refractivity contribution in [2.24, 2.45) is 0 Å². The summed E-state index contributed by atoms with van der Waals surface area (Å²) in [6.45, 7) is 3.66. The lowest BCUT2D eigenvalue weighted by Gasteiger charge is -2.25. The second kappa shape index (κ2) is 9.71. The van der Waals surface area contributed by atoms with Crippen molar-refractivity contribution in [2.75, 3.05) is 27.3 Å². The first-order valence-electron chi connectivity index (χ1n) is 9.31. The number of hydrogen-bond donors (Lipinski definition) is 1. The zero-order valence-electron chi connectivity index (χ0n) is 16.0. The summed E-state index contributed by atoms with van der Waals surface area (Å²) in [6.07, 6.45) is 4.19. The average Bonchev–Trinajstić information content (AvgIpc) is 3.13. The molecule has 1 aromatic heterocycles. The zero-order valence-corrected chi connectivity index (χ0v) is 16.8. The van der Waals surface area contributed by atoms with E-state index in [2.05, 4.69) is 15.2 Å². The fraction of sp³-hybridized carbons (Fsp3) is 0.500. The number of hydrogen-bond acceptors (Lipinski definition) is 6. The SMILES string of the molecule is COc1ccc(CNC(=O)Cc2csc(CN3CCCCC3)n2)cc1OC. The van der Waals surface area contributed by atoms with Gasteiger partial charge in [0.1, 0.15) is 5.01 Å². The van der Waals surface area contributed by atoms with E-state index in [0.717, 1.165) is 35.9 Å². The first-order chi connectivity index (χ1) is 13.2. The monoisotopic (exact) mass is 389 g/mol. The van der Waals surface area contributed by atoms with Crippen molar-refractivity contribution >= 4 is 17.2 Å². The molecule has 3 rings (SSSR count). The molecule has 2 heterocycles. The first kappa shape index (κ1) is 19.6. The summed E-state index contributed by atoms with van der Waals surface area (Å²) < 4.78 is 10.5. The molecule has 2 aromatic rings. The summed E-state index contributed by atoms with van der Waals surface area (Å²) in [5, 5.41) is 6.04. The van der Waals surface area contributed by atoms with Crippen molar-refractivity contribution < 1.29 is 14.3 Å². The summed E-state index contributed by atoms with van der Waals surface area (Å²) >= 11 is 1.65. The number of aromatic nitrogens is 1. The molecular weight excluding hydrogens is 362 g/mol. The van der Waals surface area contributed by atoms with E-state index in [1.807, 2.05) is 23.6 Å². The molecule has 6 nitrogen and oxygen atoms in total. The van der Waals surface area contributed by atoms with Gasteiger partial charge in [0.15, 0.2) is 11.5 Å². The van der Waals surface area contributed by atoms with Crippen LogP contribution in [0.1, 0.15) is 35.5 Å². The average molecular weight is 390 g/mol. The summed E-state index contributed by atoms with van der Waals surface area (Å²) in [5.41, 5.74) is 1.81. The standard InChI is InChI=1S/C20H27N3O3S/c1-25-17-7-6-15(10-18(17)26-2)12-21-19(24)11-16-14-27-20(22-16)13-23-8-4-3-5-9-23/h6-7,10,14H,3-5,8-9,11-13H2,1-2H3,(H,21,24). The number of nitrogens with one attached hydrogen (secondary N) is 1. The number of piperidine rings is 1. The van der Waals surface area contributed by atoms with Crippen molar-refractivity contribution in [3.8, 4) is 11.5 Å². The number of benzene rings is 1. The van der Waals surface area contributed by atoms with Gasteiger partial charge in [-0.15, -0.1) is 11.3 Å². The van der Waals surface area contributed by atoms with Crippen LogP contribution in [-0.4, -0.2) is 43.1 Å². The molecule has 0 saturated carbocycles.